The number of thiophene rings is 1. The topological polar surface area (TPSA) is 20.3 Å². The minimum Gasteiger partial charge on any atom is -0.338 e. The Kier molecular flexibility index (Phi) is 2.47. The van der Waals surface area contributed by atoms with Crippen LogP contribution in [0.2, 0.25) is 0 Å². The van der Waals surface area contributed by atoms with Crippen LogP contribution in [0.15, 0.2) is 16.8 Å². The zero-order valence-electron chi connectivity index (χ0n) is 9.23. The predicted octanol–water partition coefficient (Wildman–Crippen LogP) is 2.87. The normalized spacial score (nSPS) is 30.6. The summed E-state index contributed by atoms with van der Waals surface area (Å²) in [5.74, 6) is -3.93. The monoisotopic (exact) mass is 257 g/mol. The number of halogens is 2. The smallest absolute Gasteiger partial charge is 0.257 e. The van der Waals surface area contributed by atoms with Crippen molar-refractivity contribution in [1.82, 2.24) is 4.90 Å². The van der Waals surface area contributed by atoms with Gasteiger partial charge in [-0.2, -0.15) is 11.3 Å². The van der Waals surface area contributed by atoms with Crippen molar-refractivity contribution in [3.8, 4) is 0 Å². The highest BCUT2D eigenvalue weighted by Crippen LogP contribution is 2.48. The van der Waals surface area contributed by atoms with Gasteiger partial charge in [-0.15, -0.1) is 0 Å². The highest BCUT2D eigenvalue weighted by atomic mass is 32.1. The molecule has 2 fully saturated rings. The van der Waals surface area contributed by atoms with Crippen LogP contribution in [0.5, 0.6) is 0 Å². The van der Waals surface area contributed by atoms with Crippen LogP contribution in [0.25, 0.3) is 0 Å². The van der Waals surface area contributed by atoms with Crippen molar-refractivity contribution < 1.29 is 13.6 Å². The highest BCUT2D eigenvalue weighted by molar-refractivity contribution is 7.08. The summed E-state index contributed by atoms with van der Waals surface area (Å²) >= 11 is 1.45. The molecule has 1 aliphatic carbocycles. The van der Waals surface area contributed by atoms with Gasteiger partial charge in [-0.1, -0.05) is 0 Å². The fraction of sp³-hybridized carbons (Fsp3) is 0.583. The third-order valence-electron chi connectivity index (χ3n) is 3.89. The van der Waals surface area contributed by atoms with E-state index in [4.69, 9.17) is 0 Å². The highest BCUT2D eigenvalue weighted by Gasteiger charge is 2.56. The van der Waals surface area contributed by atoms with E-state index in [-0.39, 0.29) is 19.0 Å². The molecule has 1 amide bonds. The Morgan fingerprint density at radius 2 is 2.00 bits per heavy atom. The Bertz CT molecular complexity index is 416. The number of nitrogens with zero attached hydrogens (tertiary/aromatic N) is 1. The maximum absolute atomic E-state index is 13.7. The summed E-state index contributed by atoms with van der Waals surface area (Å²) in [6, 6.07) is 1.75. The molecule has 2 bridgehead atoms. The average molecular weight is 257 g/mol. The van der Waals surface area contributed by atoms with E-state index < -0.39 is 17.8 Å². The van der Waals surface area contributed by atoms with Crippen molar-refractivity contribution >= 4 is 17.2 Å². The number of rotatable bonds is 1. The van der Waals surface area contributed by atoms with Gasteiger partial charge in [-0.25, -0.2) is 8.78 Å². The van der Waals surface area contributed by atoms with Crippen LogP contribution in [-0.2, 0) is 0 Å². The molecule has 17 heavy (non-hydrogen) atoms. The van der Waals surface area contributed by atoms with Crippen LogP contribution < -0.4 is 0 Å². The number of hydrogen-bond acceptors (Lipinski definition) is 2. The van der Waals surface area contributed by atoms with E-state index in [1.165, 1.54) is 11.3 Å². The van der Waals surface area contributed by atoms with Gasteiger partial charge in [0, 0.05) is 30.3 Å². The third-order valence-corrected chi connectivity index (χ3v) is 4.57. The van der Waals surface area contributed by atoms with Crippen molar-refractivity contribution in [3.63, 3.8) is 0 Å². The van der Waals surface area contributed by atoms with Gasteiger partial charge in [-0.05, 0) is 24.3 Å². The minimum atomic E-state index is -2.56. The number of alkyl halides is 2. The van der Waals surface area contributed by atoms with Crippen LogP contribution in [-0.4, -0.2) is 29.8 Å². The molecule has 5 heteroatoms. The quantitative estimate of drug-likeness (QED) is 0.757. The van der Waals surface area contributed by atoms with Gasteiger partial charge in [0.05, 0.1) is 5.56 Å². The van der Waals surface area contributed by atoms with Crippen LogP contribution in [0.4, 0.5) is 8.78 Å². The molecule has 1 aromatic heterocycles. The molecule has 1 aromatic rings. The molecule has 2 aliphatic rings. The maximum Gasteiger partial charge on any atom is 0.257 e. The number of amides is 1. The van der Waals surface area contributed by atoms with Crippen molar-refractivity contribution in [2.75, 3.05) is 13.1 Å². The van der Waals surface area contributed by atoms with E-state index in [9.17, 15) is 13.6 Å². The van der Waals surface area contributed by atoms with Crippen molar-refractivity contribution in [2.24, 2.45) is 11.8 Å². The standard InChI is InChI=1S/C12H13F2NOS/c13-12(14)9-1-2-10(12)6-15(5-9)11(16)8-3-4-17-7-8/h3-4,7,9-10H,1-2,5-6H2. The minimum absolute atomic E-state index is 0.0985. The Morgan fingerprint density at radius 3 is 2.53 bits per heavy atom. The van der Waals surface area contributed by atoms with Crippen LogP contribution in [0.1, 0.15) is 23.2 Å². The predicted molar refractivity (Wildman–Crippen MR) is 61.4 cm³/mol. The fourth-order valence-corrected chi connectivity index (χ4v) is 3.52. The summed E-state index contributed by atoms with van der Waals surface area (Å²) < 4.78 is 27.4. The second-order valence-corrected chi connectivity index (χ2v) is 5.65. The molecule has 0 N–H and O–H groups in total. The number of fused-ring (bicyclic) bond motifs is 2. The summed E-state index contributed by atoms with van der Waals surface area (Å²) in [4.78, 5) is 13.7. The van der Waals surface area contributed by atoms with Gasteiger partial charge >= 0.3 is 0 Å². The Morgan fingerprint density at radius 1 is 1.35 bits per heavy atom. The summed E-state index contributed by atoms with van der Waals surface area (Å²) in [5, 5.41) is 3.61. The number of piperidine rings is 1. The van der Waals surface area contributed by atoms with Gasteiger partial charge in [0.1, 0.15) is 0 Å². The summed E-state index contributed by atoms with van der Waals surface area (Å²) in [6.07, 6.45) is 1.09. The van der Waals surface area contributed by atoms with Crippen LogP contribution in [0.3, 0.4) is 0 Å². The number of likely N-dealkylation sites (tertiary alicyclic amines) is 1. The zero-order valence-corrected chi connectivity index (χ0v) is 10.1. The molecule has 1 saturated carbocycles. The molecular weight excluding hydrogens is 244 g/mol. The van der Waals surface area contributed by atoms with E-state index in [1.54, 1.807) is 16.3 Å². The lowest BCUT2D eigenvalue weighted by atomic mass is 9.93. The van der Waals surface area contributed by atoms with Crippen molar-refractivity contribution in [2.45, 2.75) is 18.8 Å². The molecule has 92 valence electrons. The van der Waals surface area contributed by atoms with Crippen LogP contribution in [0, 0.1) is 11.8 Å². The van der Waals surface area contributed by atoms with Crippen molar-refractivity contribution in [3.05, 3.63) is 22.4 Å². The molecule has 2 nitrogen and oxygen atoms in total. The van der Waals surface area contributed by atoms with Gasteiger partial charge in [0.2, 0.25) is 0 Å². The van der Waals surface area contributed by atoms with Gasteiger partial charge in [-0.3, -0.25) is 4.79 Å². The third kappa shape index (κ3) is 1.68. The van der Waals surface area contributed by atoms with E-state index in [0.717, 1.165) is 0 Å². The average Bonchev–Trinajstić information content (AvgIpc) is 2.82. The van der Waals surface area contributed by atoms with Gasteiger partial charge in [0.15, 0.2) is 0 Å². The lowest BCUT2D eigenvalue weighted by molar-refractivity contribution is -0.110. The van der Waals surface area contributed by atoms with E-state index in [0.29, 0.717) is 18.4 Å². The van der Waals surface area contributed by atoms with E-state index in [1.807, 2.05) is 5.38 Å². The SMILES string of the molecule is O=C(c1ccsc1)N1CC2CCC(C1)C2(F)F. The first-order valence-corrected chi connectivity index (χ1v) is 6.72. The second-order valence-electron chi connectivity index (χ2n) is 4.87. The molecular formula is C12H13F2NOS. The number of carbonyl (C=O) groups excluding carboxylic acids is 1. The maximum atomic E-state index is 13.7. The Balaban J connectivity index is 1.79. The molecule has 0 radical (unpaired) electrons. The Hall–Kier alpha value is -0.970. The van der Waals surface area contributed by atoms with Gasteiger partial charge < -0.3 is 4.90 Å². The molecule has 3 rings (SSSR count). The number of hydrogen-bond donors (Lipinski definition) is 0. The largest absolute Gasteiger partial charge is 0.338 e. The first-order valence-electron chi connectivity index (χ1n) is 5.78. The van der Waals surface area contributed by atoms with Gasteiger partial charge in [0.25, 0.3) is 11.8 Å². The van der Waals surface area contributed by atoms with E-state index >= 15 is 0 Å². The second kappa shape index (κ2) is 3.77. The molecule has 2 unspecified atom stereocenters. The Labute approximate surface area is 102 Å². The molecule has 1 aliphatic heterocycles. The lowest BCUT2D eigenvalue weighted by Crippen LogP contribution is -2.50. The lowest BCUT2D eigenvalue weighted by Gasteiger charge is -2.37. The molecule has 0 spiro atoms. The number of carbonyl (C=O) groups is 1. The first kappa shape index (κ1) is 11.1. The molecule has 1 saturated heterocycles. The fourth-order valence-electron chi connectivity index (χ4n) is 2.89. The summed E-state index contributed by atoms with van der Waals surface area (Å²) in [6.45, 7) is 0.413. The zero-order chi connectivity index (χ0) is 12.0. The summed E-state index contributed by atoms with van der Waals surface area (Å²) in [7, 11) is 0. The van der Waals surface area contributed by atoms with Crippen LogP contribution >= 0.6 is 11.3 Å². The first-order chi connectivity index (χ1) is 8.09. The summed E-state index contributed by atoms with van der Waals surface area (Å²) in [5.41, 5.74) is 0.625. The molecule has 2 heterocycles. The van der Waals surface area contributed by atoms with E-state index in [2.05, 4.69) is 0 Å². The molecule has 0 aromatic carbocycles. The van der Waals surface area contributed by atoms with Crippen molar-refractivity contribution in [1.29, 1.82) is 0 Å². The molecule has 2 atom stereocenters.